The summed E-state index contributed by atoms with van der Waals surface area (Å²) in [5, 5.41) is 2.57. The third-order valence-corrected chi connectivity index (χ3v) is 5.03. The number of ether oxygens (including phenoxy) is 1. The van der Waals surface area contributed by atoms with Crippen LogP contribution < -0.4 is 20.9 Å². The smallest absolute Gasteiger partial charge is 0.276 e. The van der Waals surface area contributed by atoms with Crippen LogP contribution in [-0.4, -0.2) is 30.4 Å². The summed E-state index contributed by atoms with van der Waals surface area (Å²) in [6.07, 6.45) is 0. The molecule has 1 unspecified atom stereocenters. The van der Waals surface area contributed by atoms with Gasteiger partial charge < -0.3 is 10.1 Å². The molecule has 0 radical (unpaired) electrons. The first kappa shape index (κ1) is 23.0. The predicted molar refractivity (Wildman–Crippen MR) is 125 cm³/mol. The van der Waals surface area contributed by atoms with Gasteiger partial charge in [0.1, 0.15) is 11.8 Å². The second-order valence-electron chi connectivity index (χ2n) is 6.92. The Balaban J connectivity index is 1.40. The van der Waals surface area contributed by atoms with E-state index < -0.39 is 23.8 Å². The van der Waals surface area contributed by atoms with Crippen LogP contribution in [-0.2, 0) is 9.59 Å². The molecule has 164 valence electrons. The van der Waals surface area contributed by atoms with Crippen molar-refractivity contribution in [3.63, 3.8) is 0 Å². The Bertz CT molecular complexity index is 1070. The molecule has 3 N–H and O–H groups in total. The molecule has 0 spiro atoms. The van der Waals surface area contributed by atoms with E-state index in [4.69, 9.17) is 4.74 Å². The molecular weight excluding hydrogens is 474 g/mol. The lowest BCUT2D eigenvalue weighted by atomic mass is 10.1. The fourth-order valence-corrected chi connectivity index (χ4v) is 3.01. The Morgan fingerprint density at radius 3 is 2.12 bits per heavy atom. The Labute approximate surface area is 194 Å². The van der Waals surface area contributed by atoms with Crippen LogP contribution in [0.25, 0.3) is 11.1 Å². The van der Waals surface area contributed by atoms with E-state index in [0.29, 0.717) is 11.3 Å². The molecule has 0 saturated carbocycles. The molecule has 3 amide bonds. The van der Waals surface area contributed by atoms with E-state index in [1.54, 1.807) is 36.4 Å². The zero-order valence-corrected chi connectivity index (χ0v) is 18.9. The fourth-order valence-electron chi connectivity index (χ4n) is 2.75. The second-order valence-corrected chi connectivity index (χ2v) is 7.83. The quantitative estimate of drug-likeness (QED) is 0.437. The van der Waals surface area contributed by atoms with Crippen molar-refractivity contribution in [1.82, 2.24) is 16.2 Å². The third-order valence-electron chi connectivity index (χ3n) is 4.50. The van der Waals surface area contributed by atoms with Crippen LogP contribution in [0.4, 0.5) is 0 Å². The maximum Gasteiger partial charge on any atom is 0.276 e. The molecule has 3 aromatic rings. The second kappa shape index (κ2) is 11.1. The van der Waals surface area contributed by atoms with Crippen molar-refractivity contribution < 1.29 is 19.1 Å². The molecule has 0 aromatic heterocycles. The van der Waals surface area contributed by atoms with Crippen LogP contribution in [0.3, 0.4) is 0 Å². The molecule has 0 fully saturated rings. The van der Waals surface area contributed by atoms with Gasteiger partial charge in [-0.2, -0.15) is 0 Å². The van der Waals surface area contributed by atoms with Gasteiger partial charge >= 0.3 is 0 Å². The lowest BCUT2D eigenvalue weighted by molar-refractivity contribution is -0.130. The van der Waals surface area contributed by atoms with Gasteiger partial charge in [-0.1, -0.05) is 58.4 Å². The number of carbonyl (C=O) groups excluding carboxylic acids is 3. The zero-order chi connectivity index (χ0) is 22.9. The number of rotatable bonds is 7. The van der Waals surface area contributed by atoms with Crippen LogP contribution >= 0.6 is 15.9 Å². The highest BCUT2D eigenvalue weighted by atomic mass is 79.9. The van der Waals surface area contributed by atoms with E-state index in [-0.39, 0.29) is 6.61 Å². The lowest BCUT2D eigenvalue weighted by Crippen LogP contribution is -2.51. The van der Waals surface area contributed by atoms with E-state index in [1.807, 2.05) is 42.5 Å². The van der Waals surface area contributed by atoms with Crippen molar-refractivity contribution in [3.8, 4) is 16.9 Å². The highest BCUT2D eigenvalue weighted by molar-refractivity contribution is 9.10. The average molecular weight is 496 g/mol. The Kier molecular flexibility index (Phi) is 7.99. The molecule has 0 aliphatic heterocycles. The Morgan fingerprint density at radius 1 is 0.844 bits per heavy atom. The van der Waals surface area contributed by atoms with Gasteiger partial charge in [-0.3, -0.25) is 25.2 Å². The number of hydrazine groups is 1. The summed E-state index contributed by atoms with van der Waals surface area (Å²) in [4.78, 5) is 36.3. The number of nitrogens with one attached hydrogen (secondary N) is 3. The average Bonchev–Trinajstić information content (AvgIpc) is 2.82. The molecule has 8 heteroatoms. The number of halogens is 1. The van der Waals surface area contributed by atoms with E-state index in [0.717, 1.165) is 15.6 Å². The first-order valence-electron chi connectivity index (χ1n) is 9.86. The topological polar surface area (TPSA) is 96.5 Å². The molecule has 0 aliphatic carbocycles. The van der Waals surface area contributed by atoms with Crippen LogP contribution in [0.15, 0.2) is 83.3 Å². The molecular formula is C24H22BrN3O4. The zero-order valence-electron chi connectivity index (χ0n) is 17.3. The van der Waals surface area contributed by atoms with Crippen LogP contribution in [0.2, 0.25) is 0 Å². The number of hydrogen-bond donors (Lipinski definition) is 3. The van der Waals surface area contributed by atoms with Crippen molar-refractivity contribution in [2.75, 3.05) is 6.61 Å². The largest absolute Gasteiger partial charge is 0.484 e. The first-order chi connectivity index (χ1) is 15.4. The first-order valence-corrected chi connectivity index (χ1v) is 10.6. The normalized spacial score (nSPS) is 11.2. The predicted octanol–water partition coefficient (Wildman–Crippen LogP) is 3.46. The van der Waals surface area contributed by atoms with Gasteiger partial charge in [-0.15, -0.1) is 0 Å². The highest BCUT2D eigenvalue weighted by Crippen LogP contribution is 2.21. The molecule has 32 heavy (non-hydrogen) atoms. The summed E-state index contributed by atoms with van der Waals surface area (Å²) in [5.74, 6) is -0.956. The van der Waals surface area contributed by atoms with Crippen LogP contribution in [0.1, 0.15) is 17.3 Å². The summed E-state index contributed by atoms with van der Waals surface area (Å²) >= 11 is 3.30. The van der Waals surface area contributed by atoms with Gasteiger partial charge in [-0.05, 0) is 54.4 Å². The Hall–Kier alpha value is -3.65. The fraction of sp³-hybridized carbons (Fsp3) is 0.125. The Morgan fingerprint density at radius 2 is 1.47 bits per heavy atom. The minimum Gasteiger partial charge on any atom is -0.484 e. The molecule has 1 atom stereocenters. The lowest BCUT2D eigenvalue weighted by Gasteiger charge is -2.15. The van der Waals surface area contributed by atoms with Crippen molar-refractivity contribution in [2.45, 2.75) is 13.0 Å². The number of benzene rings is 3. The summed E-state index contributed by atoms with van der Waals surface area (Å²) in [6, 6.07) is 23.1. The maximum absolute atomic E-state index is 12.2. The van der Waals surface area contributed by atoms with E-state index in [9.17, 15) is 14.4 Å². The SMILES string of the molecule is CC(NC(=O)c1ccc(Br)cc1)C(=O)NNC(=O)COc1ccc(-c2ccccc2)cc1. The summed E-state index contributed by atoms with van der Waals surface area (Å²) in [7, 11) is 0. The van der Waals surface area contributed by atoms with Crippen molar-refractivity contribution >= 4 is 33.7 Å². The van der Waals surface area contributed by atoms with Gasteiger partial charge in [-0.25, -0.2) is 0 Å². The highest BCUT2D eigenvalue weighted by Gasteiger charge is 2.17. The van der Waals surface area contributed by atoms with Crippen LogP contribution in [0, 0.1) is 0 Å². The standard InChI is InChI=1S/C24H22BrN3O4/c1-16(26-24(31)19-7-11-20(25)12-8-19)23(30)28-27-22(29)15-32-21-13-9-18(10-14-21)17-5-3-2-4-6-17/h2-14,16H,15H2,1H3,(H,26,31)(H,27,29)(H,28,30). The molecule has 3 aromatic carbocycles. The van der Waals surface area contributed by atoms with Gasteiger partial charge in [0.05, 0.1) is 0 Å². The van der Waals surface area contributed by atoms with E-state index in [1.165, 1.54) is 6.92 Å². The maximum atomic E-state index is 12.2. The van der Waals surface area contributed by atoms with Crippen LogP contribution in [0.5, 0.6) is 5.75 Å². The van der Waals surface area contributed by atoms with Crippen molar-refractivity contribution in [1.29, 1.82) is 0 Å². The van der Waals surface area contributed by atoms with Crippen molar-refractivity contribution in [2.24, 2.45) is 0 Å². The number of carbonyl (C=O) groups is 3. The molecule has 0 heterocycles. The summed E-state index contributed by atoms with van der Waals surface area (Å²) in [5.41, 5.74) is 7.08. The number of amides is 3. The van der Waals surface area contributed by atoms with Gasteiger partial charge in [0.2, 0.25) is 0 Å². The van der Waals surface area contributed by atoms with Crippen molar-refractivity contribution in [3.05, 3.63) is 88.9 Å². The minimum absolute atomic E-state index is 0.273. The summed E-state index contributed by atoms with van der Waals surface area (Å²) < 4.78 is 6.29. The molecule has 3 rings (SSSR count). The molecule has 7 nitrogen and oxygen atoms in total. The van der Waals surface area contributed by atoms with Gasteiger partial charge in [0, 0.05) is 10.0 Å². The summed E-state index contributed by atoms with van der Waals surface area (Å²) in [6.45, 7) is 1.24. The van der Waals surface area contributed by atoms with Gasteiger partial charge in [0.25, 0.3) is 17.7 Å². The number of hydrogen-bond acceptors (Lipinski definition) is 4. The van der Waals surface area contributed by atoms with E-state index >= 15 is 0 Å². The third kappa shape index (κ3) is 6.68. The molecule has 0 aliphatic rings. The molecule has 0 bridgehead atoms. The molecule has 0 saturated heterocycles. The monoisotopic (exact) mass is 495 g/mol. The van der Waals surface area contributed by atoms with Gasteiger partial charge in [0.15, 0.2) is 6.61 Å². The van der Waals surface area contributed by atoms with E-state index in [2.05, 4.69) is 32.1 Å². The minimum atomic E-state index is -0.849.